The standard InChI is InChI=1S/C14H22FN3O3S/c1-2-22-8-6-10(16)11(19)12(20)14(15)7-4-3-5-9(14)13(21)18-17/h3-5,7,9-11,19H,2,6,8,16-17H2,1H3,(H,18,21)/t9?,10-,11?,14?/m1/s1. The topological polar surface area (TPSA) is 118 Å². The molecule has 1 aliphatic carbocycles. The molecule has 0 aromatic rings. The summed E-state index contributed by atoms with van der Waals surface area (Å²) in [5.41, 5.74) is 4.92. The fourth-order valence-electron chi connectivity index (χ4n) is 2.16. The number of nitrogens with one attached hydrogen (secondary N) is 1. The molecule has 6 N–H and O–H groups in total. The Morgan fingerprint density at radius 1 is 1.50 bits per heavy atom. The number of thioether (sulfide) groups is 1. The van der Waals surface area contributed by atoms with Crippen LogP contribution in [-0.2, 0) is 9.59 Å². The summed E-state index contributed by atoms with van der Waals surface area (Å²) in [5.74, 6) is 3.15. The lowest BCUT2D eigenvalue weighted by Crippen LogP contribution is -2.56. The van der Waals surface area contributed by atoms with E-state index in [1.54, 1.807) is 11.8 Å². The highest BCUT2D eigenvalue weighted by Gasteiger charge is 2.50. The van der Waals surface area contributed by atoms with Gasteiger partial charge in [0.25, 0.3) is 0 Å². The number of carbonyl (C=O) groups excluding carboxylic acids is 2. The third-order valence-electron chi connectivity index (χ3n) is 3.48. The van der Waals surface area contributed by atoms with Gasteiger partial charge in [-0.25, -0.2) is 10.2 Å². The van der Waals surface area contributed by atoms with Crippen LogP contribution in [0.1, 0.15) is 13.3 Å². The number of nitrogens with two attached hydrogens (primary N) is 2. The van der Waals surface area contributed by atoms with Crippen molar-refractivity contribution in [3.63, 3.8) is 0 Å². The Kier molecular flexibility index (Phi) is 7.21. The molecule has 124 valence electrons. The van der Waals surface area contributed by atoms with E-state index in [0.717, 1.165) is 11.8 Å². The van der Waals surface area contributed by atoms with E-state index in [-0.39, 0.29) is 0 Å². The first-order valence-corrected chi connectivity index (χ1v) is 8.15. The summed E-state index contributed by atoms with van der Waals surface area (Å²) in [6, 6.07) is -0.889. The fraction of sp³-hybridized carbons (Fsp3) is 0.571. The Balaban J connectivity index is 2.85. The van der Waals surface area contributed by atoms with Crippen LogP contribution in [0.3, 0.4) is 0 Å². The highest BCUT2D eigenvalue weighted by molar-refractivity contribution is 7.99. The van der Waals surface area contributed by atoms with Crippen LogP contribution in [0.2, 0.25) is 0 Å². The van der Waals surface area contributed by atoms with Crippen LogP contribution in [0.4, 0.5) is 4.39 Å². The largest absolute Gasteiger partial charge is 0.384 e. The maximum Gasteiger partial charge on any atom is 0.244 e. The maximum atomic E-state index is 15.0. The van der Waals surface area contributed by atoms with Gasteiger partial charge in [0, 0.05) is 6.04 Å². The summed E-state index contributed by atoms with van der Waals surface area (Å²) in [6.45, 7) is 1.98. The molecule has 0 radical (unpaired) electrons. The lowest BCUT2D eigenvalue weighted by molar-refractivity contribution is -0.144. The van der Waals surface area contributed by atoms with E-state index < -0.39 is 35.4 Å². The Morgan fingerprint density at radius 3 is 2.77 bits per heavy atom. The summed E-state index contributed by atoms with van der Waals surface area (Å²) in [4.78, 5) is 24.0. The van der Waals surface area contributed by atoms with Gasteiger partial charge in [0.2, 0.25) is 17.4 Å². The maximum absolute atomic E-state index is 15.0. The molecule has 0 aromatic carbocycles. The summed E-state index contributed by atoms with van der Waals surface area (Å²) in [7, 11) is 0. The van der Waals surface area contributed by atoms with E-state index in [1.807, 2.05) is 12.3 Å². The zero-order valence-corrected chi connectivity index (χ0v) is 13.2. The number of aliphatic hydroxyl groups is 1. The van der Waals surface area contributed by atoms with Crippen molar-refractivity contribution >= 4 is 23.5 Å². The Morgan fingerprint density at radius 2 is 2.18 bits per heavy atom. The first-order chi connectivity index (χ1) is 10.4. The predicted octanol–water partition coefficient (Wildman–Crippen LogP) is -0.173. The van der Waals surface area contributed by atoms with Crippen molar-refractivity contribution in [1.82, 2.24) is 5.43 Å². The number of rotatable bonds is 8. The van der Waals surface area contributed by atoms with Gasteiger partial charge in [-0.3, -0.25) is 15.0 Å². The van der Waals surface area contributed by atoms with E-state index in [9.17, 15) is 14.7 Å². The second-order valence-corrected chi connectivity index (χ2v) is 6.35. The first-order valence-electron chi connectivity index (χ1n) is 6.99. The van der Waals surface area contributed by atoms with Crippen molar-refractivity contribution in [3.8, 4) is 0 Å². The molecule has 3 unspecified atom stereocenters. The molecule has 1 aliphatic rings. The number of aliphatic hydroxyl groups excluding tert-OH is 1. The molecule has 0 spiro atoms. The van der Waals surface area contributed by atoms with Crippen molar-refractivity contribution in [3.05, 3.63) is 24.3 Å². The summed E-state index contributed by atoms with van der Waals surface area (Å²) in [6.07, 6.45) is 3.61. The number of carbonyl (C=O) groups is 2. The van der Waals surface area contributed by atoms with Crippen LogP contribution in [-0.4, -0.2) is 46.1 Å². The quantitative estimate of drug-likeness (QED) is 0.212. The Labute approximate surface area is 133 Å². The van der Waals surface area contributed by atoms with Crippen LogP contribution in [0.25, 0.3) is 0 Å². The van der Waals surface area contributed by atoms with Gasteiger partial charge < -0.3 is 10.8 Å². The number of ketones is 1. The predicted molar refractivity (Wildman–Crippen MR) is 84.5 cm³/mol. The third-order valence-corrected chi connectivity index (χ3v) is 4.41. The zero-order valence-electron chi connectivity index (χ0n) is 12.4. The van der Waals surface area contributed by atoms with Crippen molar-refractivity contribution < 1.29 is 19.1 Å². The molecule has 0 bridgehead atoms. The molecule has 8 heteroatoms. The van der Waals surface area contributed by atoms with Gasteiger partial charge in [0.1, 0.15) is 12.0 Å². The van der Waals surface area contributed by atoms with Crippen molar-refractivity contribution in [2.45, 2.75) is 31.2 Å². The minimum Gasteiger partial charge on any atom is -0.384 e. The minimum absolute atomic E-state index is 0.370. The number of amides is 1. The van der Waals surface area contributed by atoms with Crippen molar-refractivity contribution in [2.75, 3.05) is 11.5 Å². The molecular weight excluding hydrogens is 309 g/mol. The molecular formula is C14H22FN3O3S. The van der Waals surface area contributed by atoms with Crippen LogP contribution in [0.5, 0.6) is 0 Å². The second kappa shape index (κ2) is 8.42. The van der Waals surface area contributed by atoms with Gasteiger partial charge in [-0.15, -0.1) is 0 Å². The molecule has 1 amide bonds. The van der Waals surface area contributed by atoms with E-state index in [0.29, 0.717) is 12.2 Å². The average Bonchev–Trinajstić information content (AvgIpc) is 2.53. The monoisotopic (exact) mass is 331 g/mol. The van der Waals surface area contributed by atoms with Gasteiger partial charge >= 0.3 is 0 Å². The van der Waals surface area contributed by atoms with E-state index in [4.69, 9.17) is 11.6 Å². The first kappa shape index (κ1) is 18.8. The summed E-state index contributed by atoms with van der Waals surface area (Å²) in [5, 5.41) is 10.0. The Bertz CT molecular complexity index is 472. The van der Waals surface area contributed by atoms with Gasteiger partial charge in [-0.05, 0) is 24.0 Å². The van der Waals surface area contributed by atoms with E-state index in [2.05, 4.69) is 0 Å². The number of alkyl halides is 1. The van der Waals surface area contributed by atoms with Crippen LogP contribution in [0.15, 0.2) is 24.3 Å². The van der Waals surface area contributed by atoms with Gasteiger partial charge in [-0.2, -0.15) is 11.8 Å². The van der Waals surface area contributed by atoms with Gasteiger partial charge in [0.05, 0.1) is 0 Å². The van der Waals surface area contributed by atoms with Crippen LogP contribution >= 0.6 is 11.8 Å². The summed E-state index contributed by atoms with van der Waals surface area (Å²) >= 11 is 1.61. The van der Waals surface area contributed by atoms with E-state index >= 15 is 4.39 Å². The van der Waals surface area contributed by atoms with Crippen molar-refractivity contribution in [1.29, 1.82) is 0 Å². The SMILES string of the molecule is CCSCC[C@@H](N)C(O)C(=O)C1(F)C=CC=CC1C(=O)NN. The molecule has 0 aromatic heterocycles. The average molecular weight is 331 g/mol. The van der Waals surface area contributed by atoms with Gasteiger partial charge in [0.15, 0.2) is 0 Å². The van der Waals surface area contributed by atoms with Gasteiger partial charge in [-0.1, -0.05) is 25.2 Å². The lowest BCUT2D eigenvalue weighted by atomic mass is 9.78. The third kappa shape index (κ3) is 4.16. The highest BCUT2D eigenvalue weighted by Crippen LogP contribution is 2.32. The zero-order chi connectivity index (χ0) is 16.8. The highest BCUT2D eigenvalue weighted by atomic mass is 32.2. The normalized spacial score (nSPS) is 26.5. The van der Waals surface area contributed by atoms with Crippen LogP contribution < -0.4 is 17.0 Å². The number of hydrogen-bond donors (Lipinski definition) is 4. The lowest BCUT2D eigenvalue weighted by Gasteiger charge is -2.31. The minimum atomic E-state index is -2.66. The Hall–Kier alpha value is -1.22. The molecule has 0 heterocycles. The van der Waals surface area contributed by atoms with Crippen molar-refractivity contribution in [2.24, 2.45) is 17.5 Å². The fourth-order valence-corrected chi connectivity index (χ4v) is 2.89. The second-order valence-electron chi connectivity index (χ2n) is 4.96. The molecule has 0 aliphatic heterocycles. The van der Waals surface area contributed by atoms with Crippen LogP contribution in [0, 0.1) is 5.92 Å². The number of halogens is 1. The molecule has 1 rings (SSSR count). The number of hydrazine groups is 1. The number of allylic oxidation sites excluding steroid dienone is 3. The molecule has 22 heavy (non-hydrogen) atoms. The number of Topliss-reactive ketones (excluding diaryl/α,β-unsaturated/α-hetero) is 1. The molecule has 6 nitrogen and oxygen atoms in total. The number of hydrogen-bond acceptors (Lipinski definition) is 6. The molecule has 0 saturated heterocycles. The molecule has 4 atom stereocenters. The molecule has 0 fully saturated rings. The summed E-state index contributed by atoms with van der Waals surface area (Å²) < 4.78 is 15.0. The smallest absolute Gasteiger partial charge is 0.244 e. The van der Waals surface area contributed by atoms with E-state index in [1.165, 1.54) is 18.2 Å². The molecule has 0 saturated carbocycles.